The van der Waals surface area contributed by atoms with Gasteiger partial charge in [-0.25, -0.2) is 0 Å². The number of hydrogen-bond donors (Lipinski definition) is 0. The molecule has 0 rings (SSSR count). The zero-order valence-electron chi connectivity index (χ0n) is 7.63. The molecule has 0 saturated heterocycles. The van der Waals surface area contributed by atoms with Crippen molar-refractivity contribution in [3.63, 3.8) is 0 Å². The number of rotatable bonds is 7. The molecule has 0 fully saturated rings. The Bertz CT molecular complexity index is 210. The zero-order chi connectivity index (χ0) is 10.8. The maximum Gasteiger partial charge on any atom is 0.408 e. The molecule has 0 bridgehead atoms. The normalized spacial score (nSPS) is 12.7. The largest absolute Gasteiger partial charge is 0.592 e. The highest BCUT2D eigenvalue weighted by atomic mass is 127. The van der Waals surface area contributed by atoms with Crippen molar-refractivity contribution in [2.75, 3.05) is 24.3 Å². The smallest absolute Gasteiger partial charge is 0.408 e. The lowest BCUT2D eigenvalue weighted by Crippen LogP contribution is -2.14. The van der Waals surface area contributed by atoms with Crippen LogP contribution in [-0.4, -0.2) is 34.0 Å². The van der Waals surface area contributed by atoms with Crippen molar-refractivity contribution in [2.24, 2.45) is 10.6 Å². The van der Waals surface area contributed by atoms with Crippen molar-refractivity contribution in [1.82, 2.24) is 0 Å². The molecule has 0 spiro atoms. The molecular weight excluding hydrogens is 307 g/mol. The van der Waals surface area contributed by atoms with Gasteiger partial charge < -0.3 is 20.1 Å². The van der Waals surface area contributed by atoms with Gasteiger partial charge in [-0.15, -0.1) is 0 Å². The first-order valence-corrected chi connectivity index (χ1v) is 5.34. The first-order valence-electron chi connectivity index (χ1n) is 3.81. The van der Waals surface area contributed by atoms with Gasteiger partial charge in [0.2, 0.25) is 10.6 Å². The summed E-state index contributed by atoms with van der Waals surface area (Å²) in [6.07, 6.45) is 0. The van der Waals surface area contributed by atoms with Gasteiger partial charge in [0.05, 0.1) is 0 Å². The molecule has 0 heterocycles. The second-order valence-corrected chi connectivity index (χ2v) is 3.03. The summed E-state index contributed by atoms with van der Waals surface area (Å²) in [5, 5.41) is 27.6. The fourth-order valence-corrected chi connectivity index (χ4v) is 0.614. The van der Waals surface area contributed by atoms with E-state index in [1.54, 1.807) is 6.92 Å². The SMILES string of the molecule is CCO/N=[N+](\[O-])C/[N+]([O-])=N/OCCI. The average Bonchev–Trinajstić information content (AvgIpc) is 2.15. The Balaban J connectivity index is 3.79. The maximum atomic E-state index is 10.8. The third-order valence-electron chi connectivity index (χ3n) is 0.837. The molecule has 0 atom stereocenters. The van der Waals surface area contributed by atoms with Crippen LogP contribution in [0.5, 0.6) is 0 Å². The number of nitrogens with zero attached hydrogens (tertiary/aromatic N) is 4. The zero-order valence-corrected chi connectivity index (χ0v) is 9.79. The van der Waals surface area contributed by atoms with Crippen LogP contribution < -0.4 is 0 Å². The highest BCUT2D eigenvalue weighted by Gasteiger charge is 2.04. The lowest BCUT2D eigenvalue weighted by Gasteiger charge is -1.98. The standard InChI is InChI=1S/C5H11IN4O4/c1-2-13-7-9(11)5-10(12)8-14-4-3-6/h2-5H2,1H3/b9-7-,10-8-. The first-order chi connectivity index (χ1) is 6.70. The topological polar surface area (TPSA) is 95.3 Å². The van der Waals surface area contributed by atoms with Crippen LogP contribution in [0.3, 0.4) is 0 Å². The van der Waals surface area contributed by atoms with E-state index in [-0.39, 0.29) is 16.3 Å². The number of alkyl halides is 1. The quantitative estimate of drug-likeness (QED) is 0.134. The molecule has 0 aromatic heterocycles. The molecule has 0 radical (unpaired) electrons. The summed E-state index contributed by atoms with van der Waals surface area (Å²) in [7, 11) is 0. The summed E-state index contributed by atoms with van der Waals surface area (Å²) in [5.41, 5.74) is 0. The van der Waals surface area contributed by atoms with Crippen LogP contribution in [-0.2, 0) is 9.68 Å². The summed E-state index contributed by atoms with van der Waals surface area (Å²) in [6.45, 7) is 1.67. The van der Waals surface area contributed by atoms with E-state index in [1.807, 2.05) is 0 Å². The molecule has 0 aliphatic heterocycles. The highest BCUT2D eigenvalue weighted by Crippen LogP contribution is 1.86. The van der Waals surface area contributed by atoms with Gasteiger partial charge in [-0.05, 0) is 6.92 Å². The van der Waals surface area contributed by atoms with Gasteiger partial charge in [0.25, 0.3) is 0 Å². The molecule has 0 aromatic carbocycles. The summed E-state index contributed by atoms with van der Waals surface area (Å²) in [6, 6.07) is 0. The van der Waals surface area contributed by atoms with Crippen molar-refractivity contribution in [3.8, 4) is 0 Å². The lowest BCUT2D eigenvalue weighted by molar-refractivity contribution is -0.750. The molecule has 0 saturated carbocycles. The maximum absolute atomic E-state index is 10.8. The molecule has 82 valence electrons. The van der Waals surface area contributed by atoms with E-state index in [0.29, 0.717) is 11.0 Å². The van der Waals surface area contributed by atoms with Gasteiger partial charge in [0, 0.05) is 14.1 Å². The van der Waals surface area contributed by atoms with Crippen LogP contribution in [0, 0.1) is 10.4 Å². The number of hydroxylamine groups is 2. The summed E-state index contributed by atoms with van der Waals surface area (Å²) in [5.74, 6) is 0. The number of halogens is 1. The van der Waals surface area contributed by atoms with E-state index >= 15 is 0 Å². The van der Waals surface area contributed by atoms with Crippen molar-refractivity contribution >= 4 is 22.6 Å². The fraction of sp³-hybridized carbons (Fsp3) is 1.00. The Morgan fingerprint density at radius 2 is 1.79 bits per heavy atom. The van der Waals surface area contributed by atoms with E-state index < -0.39 is 6.67 Å². The summed E-state index contributed by atoms with van der Waals surface area (Å²) in [4.78, 5) is 9.11. The Kier molecular flexibility index (Phi) is 8.17. The molecule has 0 aromatic rings. The van der Waals surface area contributed by atoms with E-state index in [4.69, 9.17) is 0 Å². The summed E-state index contributed by atoms with van der Waals surface area (Å²) >= 11 is 2.06. The van der Waals surface area contributed by atoms with Crippen LogP contribution in [0.25, 0.3) is 0 Å². The van der Waals surface area contributed by atoms with Crippen LogP contribution in [0.1, 0.15) is 6.92 Å². The van der Waals surface area contributed by atoms with Crippen LogP contribution in [0.2, 0.25) is 0 Å². The first kappa shape index (κ1) is 13.1. The number of hydrogen-bond acceptors (Lipinski definition) is 6. The average molecular weight is 318 g/mol. The Morgan fingerprint density at radius 1 is 1.21 bits per heavy atom. The molecular formula is C5H11IN4O4. The van der Waals surface area contributed by atoms with Crippen molar-refractivity contribution in [2.45, 2.75) is 6.92 Å². The highest BCUT2D eigenvalue weighted by molar-refractivity contribution is 14.1. The van der Waals surface area contributed by atoms with Gasteiger partial charge in [0.1, 0.15) is 13.2 Å². The van der Waals surface area contributed by atoms with E-state index in [9.17, 15) is 10.4 Å². The molecule has 0 unspecified atom stereocenters. The van der Waals surface area contributed by atoms with E-state index in [1.165, 1.54) is 0 Å². The fourth-order valence-electron chi connectivity index (χ4n) is 0.417. The van der Waals surface area contributed by atoms with Crippen LogP contribution in [0.15, 0.2) is 10.6 Å². The third kappa shape index (κ3) is 7.76. The minimum absolute atomic E-state index is 0.0768. The molecule has 0 aliphatic rings. The minimum Gasteiger partial charge on any atom is -0.592 e. The van der Waals surface area contributed by atoms with Crippen LogP contribution in [0.4, 0.5) is 0 Å². The molecule has 0 N–H and O–H groups in total. The Hall–Kier alpha value is -0.870. The predicted molar refractivity (Wildman–Crippen MR) is 53.4 cm³/mol. The molecule has 0 amide bonds. The van der Waals surface area contributed by atoms with Crippen molar-refractivity contribution < 1.29 is 19.4 Å². The van der Waals surface area contributed by atoms with Gasteiger partial charge in [-0.1, -0.05) is 22.6 Å². The van der Waals surface area contributed by atoms with Gasteiger partial charge in [0.15, 0.2) is 0 Å². The second kappa shape index (κ2) is 8.72. The Morgan fingerprint density at radius 3 is 2.29 bits per heavy atom. The van der Waals surface area contributed by atoms with Gasteiger partial charge in [-0.2, -0.15) is 0 Å². The molecule has 9 heteroatoms. The third-order valence-corrected chi connectivity index (χ3v) is 1.28. The molecule has 14 heavy (non-hydrogen) atoms. The Labute approximate surface area is 94.4 Å². The second-order valence-electron chi connectivity index (χ2n) is 1.95. The monoisotopic (exact) mass is 318 g/mol. The van der Waals surface area contributed by atoms with E-state index in [2.05, 4.69) is 42.8 Å². The van der Waals surface area contributed by atoms with Crippen LogP contribution >= 0.6 is 22.6 Å². The molecule has 0 aliphatic carbocycles. The lowest BCUT2D eigenvalue weighted by atomic mass is 10.9. The minimum atomic E-state index is -0.582. The van der Waals surface area contributed by atoms with Gasteiger partial charge in [-0.3, -0.25) is 0 Å². The van der Waals surface area contributed by atoms with Crippen molar-refractivity contribution in [3.05, 3.63) is 10.4 Å². The predicted octanol–water partition coefficient (Wildman–Crippen LogP) is 1.19. The van der Waals surface area contributed by atoms with E-state index in [0.717, 1.165) is 0 Å². The van der Waals surface area contributed by atoms with Gasteiger partial charge >= 0.3 is 6.67 Å². The van der Waals surface area contributed by atoms with Crippen molar-refractivity contribution in [1.29, 1.82) is 0 Å². The molecule has 8 nitrogen and oxygen atoms in total. The summed E-state index contributed by atoms with van der Waals surface area (Å²) < 4.78 is 0.708.